The predicted molar refractivity (Wildman–Crippen MR) is 185 cm³/mol. The van der Waals surface area contributed by atoms with Crippen LogP contribution in [0.25, 0.3) is 5.32 Å². The van der Waals surface area contributed by atoms with Crippen molar-refractivity contribution in [2.24, 2.45) is 0 Å². The van der Waals surface area contributed by atoms with Gasteiger partial charge in [-0.3, -0.25) is 25.6 Å². The Morgan fingerprint density at radius 3 is 2.20 bits per heavy atom. The molecule has 4 heterocycles. The number of morpholine rings is 1. The van der Waals surface area contributed by atoms with Crippen molar-refractivity contribution in [2.75, 3.05) is 27.4 Å². The standard InChI is InChI=1S/C34H36NO14.C4H3NO2.5Y/c1-14-31-18(35-15(7-8-36)13-46-33(45-3)32(35)49-31)9-22(47-14)48-20-11-34(43,21(38)12-37)10-17-24(20)30(42)26-25(28(17)40)27(39)16-5-4-6-19(44-2)23(16)29(26)41;6-3-1-2-4(7)5-3;;;;;/h4-6,14-15,18,20,22,31-33,37,40,42-43H,7,9-13H2,1-3H3;1-2H,(H,5,6,7);;;;;/q-1;;;;;;/p-1/t14-,15?,18-,20-,22-,31+,32+,33-,34-;;;;;;/m0....../s1. The number of hydrogen-bond acceptors (Lipinski definition) is 17. The van der Waals surface area contributed by atoms with Gasteiger partial charge in [-0.2, -0.15) is 0 Å². The van der Waals surface area contributed by atoms with E-state index < -0.39 is 114 Å². The SMILES string of the molecule is COc1cccc2c1C(=O)c1c(O)c3c(c(O)c1C2=O)C[C@@](O)(C(=O)CO)C[C@@H]3O[C@H]1C[C@H]2[C@H](O[C@@H]3[C@@H](OC)OCC(C[C-]=O)N32)[C@H](C)O1.O=C1C=CC(=O)[N-]1.[Y].[Y].[Y].[Y].[Y]. The molecule has 0 spiro atoms. The smallest absolute Gasteiger partial charge is 0.202 e. The quantitative estimate of drug-likeness (QED) is 0.137. The second kappa shape index (κ2) is 24.1. The summed E-state index contributed by atoms with van der Waals surface area (Å²) in [6, 6.07) is 3.64. The summed E-state index contributed by atoms with van der Waals surface area (Å²) in [6.07, 6.45) is -1.52. The van der Waals surface area contributed by atoms with Crippen LogP contribution < -0.4 is 4.74 Å². The summed E-state index contributed by atoms with van der Waals surface area (Å²) < 4.78 is 35.5. The van der Waals surface area contributed by atoms with E-state index in [0.29, 0.717) is 0 Å². The minimum Gasteiger partial charge on any atom is -0.589 e. The molecular formula is C38H38N2O16Y5-2. The van der Waals surface area contributed by atoms with Crippen molar-refractivity contribution in [1.82, 2.24) is 4.90 Å². The van der Waals surface area contributed by atoms with Crippen LogP contribution in [0.3, 0.4) is 0 Å². The van der Waals surface area contributed by atoms with Crippen LogP contribution in [0.2, 0.25) is 0 Å². The van der Waals surface area contributed by atoms with Crippen molar-refractivity contribution in [3.63, 3.8) is 0 Å². The van der Waals surface area contributed by atoms with Gasteiger partial charge in [-0.1, -0.05) is 12.1 Å². The van der Waals surface area contributed by atoms with E-state index in [1.165, 1.54) is 32.4 Å². The van der Waals surface area contributed by atoms with Crippen LogP contribution in [0.5, 0.6) is 17.2 Å². The maximum Gasteiger partial charge on any atom is 0.202 e. The van der Waals surface area contributed by atoms with Crippen LogP contribution in [0.15, 0.2) is 30.4 Å². The molecule has 6 aliphatic rings. The molecule has 2 aromatic carbocycles. The molecule has 5 radical (unpaired) electrons. The van der Waals surface area contributed by atoms with Crippen molar-refractivity contribution in [2.45, 2.75) is 87.4 Å². The Labute approximate surface area is 475 Å². The normalized spacial score (nSPS) is 29.0. The molecule has 61 heavy (non-hydrogen) atoms. The van der Waals surface area contributed by atoms with E-state index >= 15 is 0 Å². The number of ketones is 3. The van der Waals surface area contributed by atoms with E-state index in [9.17, 15) is 49.2 Å². The molecule has 3 fully saturated rings. The van der Waals surface area contributed by atoms with Crippen molar-refractivity contribution < 1.29 is 241 Å². The molecular weight excluding hydrogens is 1180 g/mol. The van der Waals surface area contributed by atoms with Crippen LogP contribution >= 0.6 is 0 Å². The van der Waals surface area contributed by atoms with E-state index in [1.807, 2.05) is 11.2 Å². The first-order chi connectivity index (χ1) is 26.8. The Morgan fingerprint density at radius 2 is 1.62 bits per heavy atom. The third kappa shape index (κ3) is 11.0. The van der Waals surface area contributed by atoms with Gasteiger partial charge in [0.1, 0.15) is 35.6 Å². The number of nitrogens with zero attached hydrogens (tertiary/aromatic N) is 2. The molecule has 18 nitrogen and oxygen atoms in total. The Hall–Kier alpha value is 0.599. The second-order valence-electron chi connectivity index (χ2n) is 14.1. The maximum atomic E-state index is 13.9. The fourth-order valence-electron chi connectivity index (χ4n) is 8.42. The Kier molecular flexibility index (Phi) is 22.8. The van der Waals surface area contributed by atoms with Gasteiger partial charge in [-0.25, -0.2) is 0 Å². The molecule has 9 atom stereocenters. The number of rotatable bonds is 8. The number of benzene rings is 2. The molecule has 3 saturated heterocycles. The number of phenolic OH excluding ortho intramolecular Hbond substituents is 2. The van der Waals surface area contributed by atoms with Gasteiger partial charge in [-0.15, -0.1) is 6.42 Å². The number of imide groups is 1. The summed E-state index contributed by atoms with van der Waals surface area (Å²) in [5.41, 5.74) is -3.68. The van der Waals surface area contributed by atoms with Crippen molar-refractivity contribution in [3.8, 4) is 17.2 Å². The first kappa shape index (κ1) is 57.7. The summed E-state index contributed by atoms with van der Waals surface area (Å²) in [5.74, 6) is -4.70. The largest absolute Gasteiger partial charge is 0.589 e. The Balaban J connectivity index is 0.000000974. The molecule has 23 heteroatoms. The van der Waals surface area contributed by atoms with Crippen molar-refractivity contribution >= 4 is 35.5 Å². The molecule has 4 aliphatic heterocycles. The molecule has 2 aromatic rings. The maximum absolute atomic E-state index is 13.9. The minimum atomic E-state index is -2.28. The first-order valence-electron chi connectivity index (χ1n) is 17.7. The van der Waals surface area contributed by atoms with E-state index in [2.05, 4.69) is 5.32 Å². The number of aromatic hydroxyl groups is 2. The fraction of sp³-hybridized carbons (Fsp3) is 0.474. The summed E-state index contributed by atoms with van der Waals surface area (Å²) in [6.45, 7) is 0.917. The molecule has 0 saturated carbocycles. The van der Waals surface area contributed by atoms with Gasteiger partial charge < -0.3 is 68.5 Å². The van der Waals surface area contributed by atoms with E-state index in [1.54, 1.807) is 6.92 Å². The van der Waals surface area contributed by atoms with Crippen LogP contribution in [-0.2, 0) is 213 Å². The van der Waals surface area contributed by atoms with Crippen LogP contribution in [0, 0.1) is 0 Å². The van der Waals surface area contributed by atoms with Gasteiger partial charge >= 0.3 is 0 Å². The zero-order valence-corrected chi connectivity index (χ0v) is 47.4. The van der Waals surface area contributed by atoms with E-state index in [4.69, 9.17) is 28.4 Å². The summed E-state index contributed by atoms with van der Waals surface area (Å²) in [5, 5.41) is 47.7. The van der Waals surface area contributed by atoms with E-state index in [-0.39, 0.29) is 223 Å². The molecule has 8 rings (SSSR count). The number of methoxy groups -OCH3 is 2. The molecule has 0 aromatic heterocycles. The molecule has 2 amide bonds. The minimum absolute atomic E-state index is 0. The summed E-state index contributed by atoms with van der Waals surface area (Å²) in [7, 11) is 2.81. The average molecular weight is 1220 g/mol. The molecule has 4 N–H and O–H groups in total. The van der Waals surface area contributed by atoms with Crippen molar-refractivity contribution in [1.29, 1.82) is 0 Å². The number of fused-ring (bicyclic) bond motifs is 6. The van der Waals surface area contributed by atoms with Gasteiger partial charge in [0.2, 0.25) is 5.78 Å². The fourth-order valence-corrected chi connectivity index (χ4v) is 8.42. The van der Waals surface area contributed by atoms with E-state index in [0.717, 1.165) is 12.2 Å². The number of Topliss-reactive ketones (excluding diaryl/α,β-unsaturated/α-hetero) is 1. The van der Waals surface area contributed by atoms with Gasteiger partial charge in [0.05, 0.1) is 54.4 Å². The Morgan fingerprint density at radius 1 is 0.967 bits per heavy atom. The third-order valence-electron chi connectivity index (χ3n) is 10.9. The second-order valence-corrected chi connectivity index (χ2v) is 14.1. The molecule has 2 aliphatic carbocycles. The van der Waals surface area contributed by atoms with Crippen LogP contribution in [0.1, 0.15) is 75.3 Å². The topological polar surface area (TPSA) is 256 Å². The summed E-state index contributed by atoms with van der Waals surface area (Å²) >= 11 is 0. The monoisotopic (exact) mass is 1220 g/mol. The average Bonchev–Trinajstić information content (AvgIpc) is 3.77. The molecule has 0 bridgehead atoms. The number of phenols is 2. The zero-order chi connectivity index (χ0) is 40.2. The number of carbonyl (C=O) groups excluding carboxylic acids is 6. The summed E-state index contributed by atoms with van der Waals surface area (Å²) in [4.78, 5) is 74.0. The van der Waals surface area contributed by atoms with Crippen LogP contribution in [-0.4, -0.2) is 137 Å². The number of aliphatic hydroxyl groups is 2. The zero-order valence-electron chi connectivity index (χ0n) is 33.2. The number of amides is 2. The number of ether oxygens (including phenoxy) is 6. The van der Waals surface area contributed by atoms with Crippen molar-refractivity contribution in [3.05, 3.63) is 69.0 Å². The predicted octanol–water partition coefficient (Wildman–Crippen LogP) is 0.550. The number of aliphatic hydroxyl groups excluding tert-OH is 1. The molecule has 1 unspecified atom stereocenters. The van der Waals surface area contributed by atoms with Crippen LogP contribution in [0.4, 0.5) is 0 Å². The van der Waals surface area contributed by atoms with Gasteiger partial charge in [-0.05, 0) is 25.1 Å². The van der Waals surface area contributed by atoms with Gasteiger partial charge in [0, 0.05) is 219 Å². The first-order valence-corrected chi connectivity index (χ1v) is 17.7. The number of hydrogen-bond donors (Lipinski definition) is 4. The van der Waals surface area contributed by atoms with Gasteiger partial charge in [0.25, 0.3) is 0 Å². The third-order valence-corrected chi connectivity index (χ3v) is 10.9. The Bertz CT molecular complexity index is 2040. The molecule has 313 valence electrons. The van der Waals surface area contributed by atoms with Gasteiger partial charge in [0.15, 0.2) is 30.4 Å². The number of carbonyl (C=O) groups is 5.